The van der Waals surface area contributed by atoms with Gasteiger partial charge in [-0.25, -0.2) is 0 Å². The number of hydrogen-bond acceptors (Lipinski definition) is 2. The fourth-order valence-electron chi connectivity index (χ4n) is 2.11. The summed E-state index contributed by atoms with van der Waals surface area (Å²) >= 11 is 6.10. The molecule has 1 amide bonds. The molecule has 1 fully saturated rings. The van der Waals surface area contributed by atoms with E-state index >= 15 is 0 Å². The lowest BCUT2D eigenvalue weighted by Gasteiger charge is -2.18. The largest absolute Gasteiger partial charge is 0.349 e. The number of benzene rings is 1. The quantitative estimate of drug-likeness (QED) is 0.865. The first-order chi connectivity index (χ1) is 8.18. The van der Waals surface area contributed by atoms with Crippen LogP contribution in [0.5, 0.6) is 0 Å². The molecule has 1 aliphatic rings. The van der Waals surface area contributed by atoms with Crippen molar-refractivity contribution in [2.45, 2.75) is 19.4 Å². The predicted octanol–water partition coefficient (Wildman–Crippen LogP) is 2.13. The number of rotatable bonds is 3. The lowest BCUT2D eigenvalue weighted by Crippen LogP contribution is -2.33. The molecule has 0 radical (unpaired) electrons. The molecular formula is C13H17ClN2O. The van der Waals surface area contributed by atoms with Gasteiger partial charge < -0.3 is 10.6 Å². The Labute approximate surface area is 107 Å². The minimum atomic E-state index is -0.0446. The van der Waals surface area contributed by atoms with Gasteiger partial charge in [-0.15, -0.1) is 0 Å². The van der Waals surface area contributed by atoms with Crippen LogP contribution in [-0.4, -0.2) is 19.0 Å². The van der Waals surface area contributed by atoms with E-state index in [2.05, 4.69) is 10.6 Å². The molecule has 4 heteroatoms. The molecule has 17 heavy (non-hydrogen) atoms. The molecule has 1 unspecified atom stereocenters. The summed E-state index contributed by atoms with van der Waals surface area (Å²) < 4.78 is 0. The molecule has 0 spiro atoms. The highest BCUT2D eigenvalue weighted by atomic mass is 35.5. The molecule has 1 aromatic rings. The van der Waals surface area contributed by atoms with Crippen molar-refractivity contribution in [2.75, 3.05) is 13.1 Å². The van der Waals surface area contributed by atoms with E-state index < -0.39 is 0 Å². The SMILES string of the molecule is C[C@H](NC(=O)C1CCNC1)c1ccccc1Cl. The number of hydrogen-bond donors (Lipinski definition) is 2. The summed E-state index contributed by atoms with van der Waals surface area (Å²) in [5, 5.41) is 6.91. The van der Waals surface area contributed by atoms with Gasteiger partial charge in [-0.1, -0.05) is 29.8 Å². The highest BCUT2D eigenvalue weighted by Gasteiger charge is 2.24. The molecule has 2 rings (SSSR count). The van der Waals surface area contributed by atoms with Gasteiger partial charge in [-0.05, 0) is 31.5 Å². The molecule has 1 aliphatic heterocycles. The summed E-state index contributed by atoms with van der Waals surface area (Å²) in [4.78, 5) is 11.9. The lowest BCUT2D eigenvalue weighted by molar-refractivity contribution is -0.125. The van der Waals surface area contributed by atoms with Crippen molar-refractivity contribution in [1.29, 1.82) is 0 Å². The first kappa shape index (κ1) is 12.4. The van der Waals surface area contributed by atoms with Crippen LogP contribution >= 0.6 is 11.6 Å². The second-order valence-electron chi connectivity index (χ2n) is 4.44. The summed E-state index contributed by atoms with van der Waals surface area (Å²) in [5.41, 5.74) is 0.966. The van der Waals surface area contributed by atoms with Gasteiger partial charge in [-0.3, -0.25) is 4.79 Å². The van der Waals surface area contributed by atoms with E-state index in [1.807, 2.05) is 31.2 Å². The van der Waals surface area contributed by atoms with Crippen molar-refractivity contribution in [1.82, 2.24) is 10.6 Å². The molecule has 92 valence electrons. The summed E-state index contributed by atoms with van der Waals surface area (Å²) in [5.74, 6) is 0.211. The number of carbonyl (C=O) groups is 1. The highest BCUT2D eigenvalue weighted by molar-refractivity contribution is 6.31. The van der Waals surface area contributed by atoms with Crippen LogP contribution in [0.25, 0.3) is 0 Å². The van der Waals surface area contributed by atoms with Gasteiger partial charge in [0.05, 0.1) is 12.0 Å². The maximum atomic E-state index is 11.9. The molecular weight excluding hydrogens is 236 g/mol. The zero-order valence-corrected chi connectivity index (χ0v) is 10.6. The topological polar surface area (TPSA) is 41.1 Å². The second kappa shape index (κ2) is 5.52. The van der Waals surface area contributed by atoms with Gasteiger partial charge in [0.1, 0.15) is 0 Å². The standard InChI is InChI=1S/C13H17ClN2O/c1-9(11-4-2-3-5-12(11)14)16-13(17)10-6-7-15-8-10/h2-5,9-10,15H,6-8H2,1H3,(H,16,17)/t9-,10?/m0/s1. The molecule has 1 heterocycles. The Bertz CT molecular complexity index is 402. The molecule has 1 saturated heterocycles. The van der Waals surface area contributed by atoms with Crippen LogP contribution in [0.2, 0.25) is 5.02 Å². The van der Waals surface area contributed by atoms with Gasteiger partial charge in [0.15, 0.2) is 0 Å². The first-order valence-electron chi connectivity index (χ1n) is 5.94. The fraction of sp³-hybridized carbons (Fsp3) is 0.462. The number of halogens is 1. The summed E-state index contributed by atoms with van der Waals surface area (Å²) in [6.07, 6.45) is 0.918. The third kappa shape index (κ3) is 2.99. The van der Waals surface area contributed by atoms with Crippen molar-refractivity contribution in [2.24, 2.45) is 5.92 Å². The molecule has 3 nitrogen and oxygen atoms in total. The lowest BCUT2D eigenvalue weighted by atomic mass is 10.1. The summed E-state index contributed by atoms with van der Waals surface area (Å²) in [7, 11) is 0. The monoisotopic (exact) mass is 252 g/mol. The minimum Gasteiger partial charge on any atom is -0.349 e. The van der Waals surface area contributed by atoms with Crippen LogP contribution in [0.1, 0.15) is 24.9 Å². The van der Waals surface area contributed by atoms with Crippen molar-refractivity contribution < 1.29 is 4.79 Å². The average Bonchev–Trinajstić information content (AvgIpc) is 2.82. The number of nitrogens with one attached hydrogen (secondary N) is 2. The molecule has 1 aromatic carbocycles. The Morgan fingerprint density at radius 2 is 2.29 bits per heavy atom. The van der Waals surface area contributed by atoms with E-state index in [1.54, 1.807) is 0 Å². The average molecular weight is 253 g/mol. The smallest absolute Gasteiger partial charge is 0.224 e. The van der Waals surface area contributed by atoms with Crippen LogP contribution in [0.15, 0.2) is 24.3 Å². The third-order valence-corrected chi connectivity index (χ3v) is 3.51. The Balaban J connectivity index is 1.99. The molecule has 2 atom stereocenters. The van der Waals surface area contributed by atoms with Crippen LogP contribution in [-0.2, 0) is 4.79 Å². The minimum absolute atomic E-state index is 0.0446. The van der Waals surface area contributed by atoms with Crippen LogP contribution < -0.4 is 10.6 Å². The van der Waals surface area contributed by atoms with E-state index in [1.165, 1.54) is 0 Å². The number of carbonyl (C=O) groups excluding carboxylic acids is 1. The van der Waals surface area contributed by atoms with Crippen LogP contribution in [0, 0.1) is 5.92 Å². The maximum absolute atomic E-state index is 11.9. The van der Waals surface area contributed by atoms with Crippen molar-refractivity contribution in [3.63, 3.8) is 0 Å². The normalized spacial score (nSPS) is 21.2. The Kier molecular flexibility index (Phi) is 4.02. The fourth-order valence-corrected chi connectivity index (χ4v) is 2.41. The van der Waals surface area contributed by atoms with Crippen molar-refractivity contribution >= 4 is 17.5 Å². The molecule has 0 aliphatic carbocycles. The Morgan fingerprint density at radius 3 is 2.94 bits per heavy atom. The van der Waals surface area contributed by atoms with Crippen LogP contribution in [0.3, 0.4) is 0 Å². The van der Waals surface area contributed by atoms with E-state index in [0.29, 0.717) is 5.02 Å². The van der Waals surface area contributed by atoms with Gasteiger partial charge in [0, 0.05) is 11.6 Å². The highest BCUT2D eigenvalue weighted by Crippen LogP contribution is 2.22. The van der Waals surface area contributed by atoms with Crippen LogP contribution in [0.4, 0.5) is 0 Å². The van der Waals surface area contributed by atoms with E-state index in [-0.39, 0.29) is 17.9 Å². The molecule has 0 saturated carbocycles. The number of amides is 1. The zero-order valence-electron chi connectivity index (χ0n) is 9.87. The Morgan fingerprint density at radius 1 is 1.53 bits per heavy atom. The van der Waals surface area contributed by atoms with Gasteiger partial charge in [0.2, 0.25) is 5.91 Å². The third-order valence-electron chi connectivity index (χ3n) is 3.16. The predicted molar refractivity (Wildman–Crippen MR) is 69.0 cm³/mol. The molecule has 0 bridgehead atoms. The zero-order chi connectivity index (χ0) is 12.3. The molecule has 2 N–H and O–H groups in total. The first-order valence-corrected chi connectivity index (χ1v) is 6.32. The van der Waals surface area contributed by atoms with Gasteiger partial charge in [0.25, 0.3) is 0 Å². The van der Waals surface area contributed by atoms with E-state index in [9.17, 15) is 4.79 Å². The van der Waals surface area contributed by atoms with Gasteiger partial charge in [-0.2, -0.15) is 0 Å². The Hall–Kier alpha value is -1.06. The maximum Gasteiger partial charge on any atom is 0.224 e. The van der Waals surface area contributed by atoms with E-state index in [0.717, 1.165) is 25.1 Å². The second-order valence-corrected chi connectivity index (χ2v) is 4.85. The summed E-state index contributed by atoms with van der Waals surface area (Å²) in [6, 6.07) is 7.57. The van der Waals surface area contributed by atoms with Crippen molar-refractivity contribution in [3.8, 4) is 0 Å². The van der Waals surface area contributed by atoms with Crippen molar-refractivity contribution in [3.05, 3.63) is 34.9 Å². The summed E-state index contributed by atoms with van der Waals surface area (Å²) in [6.45, 7) is 3.67. The van der Waals surface area contributed by atoms with Gasteiger partial charge >= 0.3 is 0 Å². The van der Waals surface area contributed by atoms with E-state index in [4.69, 9.17) is 11.6 Å². The molecule has 0 aromatic heterocycles.